The molecule has 0 aliphatic heterocycles. The van der Waals surface area contributed by atoms with Crippen LogP contribution in [0.2, 0.25) is 5.02 Å². The Hall–Kier alpha value is -2.16. The van der Waals surface area contributed by atoms with Gasteiger partial charge in [0.25, 0.3) is 5.91 Å². The van der Waals surface area contributed by atoms with E-state index in [1.54, 1.807) is 12.1 Å². The summed E-state index contributed by atoms with van der Waals surface area (Å²) in [6.07, 6.45) is -4.52. The van der Waals surface area contributed by atoms with E-state index in [2.05, 4.69) is 9.88 Å². The molecule has 3 rings (SSSR count). The maximum atomic E-state index is 13.3. The number of carbonyl (C=O) groups is 1. The number of hydrogen-bond acceptors (Lipinski definition) is 4. The molecule has 31 heavy (non-hydrogen) atoms. The Kier molecular flexibility index (Phi) is 7.24. The van der Waals surface area contributed by atoms with Crippen molar-refractivity contribution in [3.63, 3.8) is 0 Å². The summed E-state index contributed by atoms with van der Waals surface area (Å²) in [5.41, 5.74) is 0.728. The molecule has 0 aliphatic carbocycles. The van der Waals surface area contributed by atoms with Gasteiger partial charge in [0.15, 0.2) is 5.13 Å². The van der Waals surface area contributed by atoms with Gasteiger partial charge in [0, 0.05) is 23.7 Å². The lowest BCUT2D eigenvalue weighted by Crippen LogP contribution is -2.39. The van der Waals surface area contributed by atoms with E-state index in [-0.39, 0.29) is 5.56 Å². The second-order valence-electron chi connectivity index (χ2n) is 7.13. The summed E-state index contributed by atoms with van der Waals surface area (Å²) in [6.45, 7) is 8.41. The van der Waals surface area contributed by atoms with Crippen molar-refractivity contribution in [2.45, 2.75) is 26.9 Å². The minimum atomic E-state index is -4.52. The summed E-state index contributed by atoms with van der Waals surface area (Å²) < 4.78 is 40.3. The van der Waals surface area contributed by atoms with Crippen molar-refractivity contribution < 1.29 is 18.0 Å². The van der Waals surface area contributed by atoms with E-state index < -0.39 is 17.6 Å². The fourth-order valence-corrected chi connectivity index (χ4v) is 4.75. The zero-order valence-corrected chi connectivity index (χ0v) is 19.0. The predicted octanol–water partition coefficient (Wildman–Crippen LogP) is 6.27. The molecule has 1 amide bonds. The van der Waals surface area contributed by atoms with E-state index in [9.17, 15) is 18.0 Å². The van der Waals surface area contributed by atoms with Crippen LogP contribution in [0.15, 0.2) is 36.4 Å². The number of amides is 1. The van der Waals surface area contributed by atoms with Crippen LogP contribution in [0.4, 0.5) is 18.3 Å². The molecule has 3 aromatic rings. The molecule has 0 unspecified atom stereocenters. The standard InChI is InChI=1S/C22H23ClF3N3OS/c1-4-28(5-2)9-10-29(20(30)15-7-6-8-16(12-15)22(24,25)26)21-27-19-14(3)11-17(23)13-18(19)31-21/h6-8,11-13H,4-5,9-10H2,1-3H3. The number of anilines is 1. The van der Waals surface area contributed by atoms with Gasteiger partial charge in [0.1, 0.15) is 0 Å². The molecule has 2 aromatic carbocycles. The van der Waals surface area contributed by atoms with Crippen LogP contribution >= 0.6 is 22.9 Å². The highest BCUT2D eigenvalue weighted by Crippen LogP contribution is 2.34. The van der Waals surface area contributed by atoms with Gasteiger partial charge >= 0.3 is 6.18 Å². The number of aromatic nitrogens is 1. The van der Waals surface area contributed by atoms with E-state index >= 15 is 0 Å². The smallest absolute Gasteiger partial charge is 0.302 e. The molecule has 0 fully saturated rings. The minimum Gasteiger partial charge on any atom is -0.302 e. The van der Waals surface area contributed by atoms with Crippen LogP contribution in [0.1, 0.15) is 35.3 Å². The predicted molar refractivity (Wildman–Crippen MR) is 120 cm³/mol. The molecule has 0 spiro atoms. The number of thiazole rings is 1. The summed E-state index contributed by atoms with van der Waals surface area (Å²) in [7, 11) is 0. The highest BCUT2D eigenvalue weighted by Gasteiger charge is 2.32. The molecule has 1 aromatic heterocycles. The molecule has 0 N–H and O–H groups in total. The maximum absolute atomic E-state index is 13.3. The Morgan fingerprint density at radius 2 is 1.84 bits per heavy atom. The number of likely N-dealkylation sites (N-methyl/N-ethyl adjacent to an activating group) is 1. The third-order valence-electron chi connectivity index (χ3n) is 5.09. The van der Waals surface area contributed by atoms with Gasteiger partial charge in [-0.05, 0) is 55.9 Å². The molecule has 0 bridgehead atoms. The second kappa shape index (κ2) is 9.54. The first-order valence-electron chi connectivity index (χ1n) is 9.92. The van der Waals surface area contributed by atoms with E-state index in [4.69, 9.17) is 11.6 Å². The monoisotopic (exact) mass is 469 g/mol. The van der Waals surface area contributed by atoms with Gasteiger partial charge in [-0.3, -0.25) is 9.69 Å². The van der Waals surface area contributed by atoms with Gasteiger partial charge in [0.2, 0.25) is 0 Å². The molecule has 9 heteroatoms. The summed E-state index contributed by atoms with van der Waals surface area (Å²) in [5, 5.41) is 1.01. The molecular formula is C22H23ClF3N3OS. The molecule has 0 saturated heterocycles. The molecule has 166 valence electrons. The highest BCUT2D eigenvalue weighted by atomic mass is 35.5. The first kappa shape index (κ1) is 23.5. The van der Waals surface area contributed by atoms with Crippen LogP contribution in [-0.4, -0.2) is 42.0 Å². The van der Waals surface area contributed by atoms with Gasteiger partial charge < -0.3 is 4.90 Å². The van der Waals surface area contributed by atoms with Crippen molar-refractivity contribution >= 4 is 44.2 Å². The van der Waals surface area contributed by atoms with Crippen LogP contribution in [0.25, 0.3) is 10.2 Å². The van der Waals surface area contributed by atoms with Crippen molar-refractivity contribution in [1.82, 2.24) is 9.88 Å². The molecule has 0 aliphatic rings. The molecule has 0 radical (unpaired) electrons. The van der Waals surface area contributed by atoms with Crippen molar-refractivity contribution in [3.05, 3.63) is 58.1 Å². The lowest BCUT2D eigenvalue weighted by atomic mass is 10.1. The third kappa shape index (κ3) is 5.37. The van der Waals surface area contributed by atoms with Crippen molar-refractivity contribution in [3.8, 4) is 0 Å². The first-order valence-corrected chi connectivity index (χ1v) is 11.1. The van der Waals surface area contributed by atoms with E-state index in [1.807, 2.05) is 20.8 Å². The molecule has 1 heterocycles. The van der Waals surface area contributed by atoms with Crippen LogP contribution in [0.5, 0.6) is 0 Å². The number of alkyl halides is 3. The van der Waals surface area contributed by atoms with E-state index in [0.717, 1.165) is 41.0 Å². The Bertz CT molecular complexity index is 1080. The lowest BCUT2D eigenvalue weighted by Gasteiger charge is -2.25. The van der Waals surface area contributed by atoms with Gasteiger partial charge in [-0.25, -0.2) is 4.98 Å². The molecule has 0 atom stereocenters. The summed E-state index contributed by atoms with van der Waals surface area (Å²) >= 11 is 7.46. The van der Waals surface area contributed by atoms with Crippen molar-refractivity contribution in [2.75, 3.05) is 31.1 Å². The fraction of sp³-hybridized carbons (Fsp3) is 0.364. The van der Waals surface area contributed by atoms with E-state index in [1.165, 1.54) is 28.4 Å². The summed E-state index contributed by atoms with van der Waals surface area (Å²) in [5.74, 6) is -0.513. The Morgan fingerprint density at radius 3 is 2.48 bits per heavy atom. The summed E-state index contributed by atoms with van der Waals surface area (Å²) in [4.78, 5) is 21.6. The Labute approximate surface area is 188 Å². The zero-order chi connectivity index (χ0) is 22.8. The minimum absolute atomic E-state index is 0.0246. The zero-order valence-electron chi connectivity index (χ0n) is 17.5. The number of aryl methyl sites for hydroxylation is 1. The largest absolute Gasteiger partial charge is 0.416 e. The van der Waals surface area contributed by atoms with Gasteiger partial charge in [-0.15, -0.1) is 0 Å². The van der Waals surface area contributed by atoms with Crippen LogP contribution in [-0.2, 0) is 6.18 Å². The molecular weight excluding hydrogens is 447 g/mol. The van der Waals surface area contributed by atoms with Crippen molar-refractivity contribution in [2.24, 2.45) is 0 Å². The number of carbonyl (C=O) groups excluding carboxylic acids is 1. The topological polar surface area (TPSA) is 36.4 Å². The Balaban J connectivity index is 2.02. The normalized spacial score (nSPS) is 12.0. The third-order valence-corrected chi connectivity index (χ3v) is 6.33. The van der Waals surface area contributed by atoms with Gasteiger partial charge in [0.05, 0.1) is 15.8 Å². The van der Waals surface area contributed by atoms with Crippen LogP contribution in [0, 0.1) is 6.92 Å². The number of benzene rings is 2. The lowest BCUT2D eigenvalue weighted by molar-refractivity contribution is -0.137. The maximum Gasteiger partial charge on any atom is 0.416 e. The number of hydrogen-bond donors (Lipinski definition) is 0. The van der Waals surface area contributed by atoms with Crippen LogP contribution < -0.4 is 4.90 Å². The SMILES string of the molecule is CCN(CC)CCN(C(=O)c1cccc(C(F)(F)F)c1)c1nc2c(C)cc(Cl)cc2s1. The second-order valence-corrected chi connectivity index (χ2v) is 8.57. The van der Waals surface area contributed by atoms with Crippen LogP contribution in [0.3, 0.4) is 0 Å². The van der Waals surface area contributed by atoms with Gasteiger partial charge in [-0.1, -0.05) is 42.9 Å². The highest BCUT2D eigenvalue weighted by molar-refractivity contribution is 7.22. The first-order chi connectivity index (χ1) is 14.6. The molecule has 0 saturated carbocycles. The number of halogens is 4. The number of fused-ring (bicyclic) bond motifs is 1. The number of rotatable bonds is 7. The molecule has 4 nitrogen and oxygen atoms in total. The van der Waals surface area contributed by atoms with E-state index in [0.29, 0.717) is 23.2 Å². The van der Waals surface area contributed by atoms with Crippen molar-refractivity contribution in [1.29, 1.82) is 0 Å². The quantitative estimate of drug-likeness (QED) is 0.409. The average molecular weight is 470 g/mol. The Morgan fingerprint density at radius 1 is 1.13 bits per heavy atom. The summed E-state index contributed by atoms with van der Waals surface area (Å²) in [6, 6.07) is 8.07. The number of nitrogens with zero attached hydrogens (tertiary/aromatic N) is 3. The fourth-order valence-electron chi connectivity index (χ4n) is 3.31. The average Bonchev–Trinajstić information content (AvgIpc) is 3.14. The van der Waals surface area contributed by atoms with Gasteiger partial charge in [-0.2, -0.15) is 13.2 Å².